The smallest absolute Gasteiger partial charge is 0.311 e. The monoisotopic (exact) mass is 310 g/mol. The third-order valence-corrected chi connectivity index (χ3v) is 3.08. The van der Waals surface area contributed by atoms with E-state index in [1.807, 2.05) is 0 Å². The Hall–Kier alpha value is -2.22. The summed E-state index contributed by atoms with van der Waals surface area (Å²) in [5, 5.41) is 0. The molecule has 118 valence electrons. The summed E-state index contributed by atoms with van der Waals surface area (Å²) in [4.78, 5) is 11.5. The maximum atomic E-state index is 14.3. The molecule has 0 heterocycles. The van der Waals surface area contributed by atoms with Gasteiger partial charge in [0.2, 0.25) is 11.6 Å². The van der Waals surface area contributed by atoms with E-state index in [2.05, 4.69) is 17.2 Å². The van der Waals surface area contributed by atoms with Crippen LogP contribution in [0.1, 0.15) is 38.7 Å². The molecule has 0 atom stereocenters. The summed E-state index contributed by atoms with van der Waals surface area (Å²) in [5.41, 5.74) is 0.0707. The molecule has 1 aromatic carbocycles. The largest absolute Gasteiger partial charge is 0.420 e. The normalized spacial score (nSPS) is 10.4. The highest BCUT2D eigenvalue weighted by Gasteiger charge is 2.24. The first kappa shape index (κ1) is 17.8. The van der Waals surface area contributed by atoms with Gasteiger partial charge in [-0.3, -0.25) is 4.79 Å². The fourth-order valence-corrected chi connectivity index (χ4v) is 1.71. The Morgan fingerprint density at radius 2 is 2.00 bits per heavy atom. The molecule has 0 amide bonds. The Morgan fingerprint density at radius 3 is 2.55 bits per heavy atom. The molecule has 0 saturated carbocycles. The average molecular weight is 310 g/mol. The lowest BCUT2D eigenvalue weighted by Crippen LogP contribution is -2.12. The van der Waals surface area contributed by atoms with E-state index >= 15 is 0 Å². The van der Waals surface area contributed by atoms with Gasteiger partial charge in [-0.05, 0) is 24.0 Å². The van der Waals surface area contributed by atoms with E-state index < -0.39 is 29.2 Å². The van der Waals surface area contributed by atoms with Crippen LogP contribution in [0, 0.1) is 35.7 Å². The van der Waals surface area contributed by atoms with Crippen LogP contribution in [0.25, 0.3) is 5.57 Å². The second kappa shape index (κ2) is 7.69. The molecule has 2 nitrogen and oxygen atoms in total. The van der Waals surface area contributed by atoms with Crippen molar-refractivity contribution in [2.75, 3.05) is 0 Å². The van der Waals surface area contributed by atoms with Crippen LogP contribution < -0.4 is 4.74 Å². The highest BCUT2D eigenvalue weighted by atomic mass is 19.2. The molecular formula is C17H17F3O2. The number of esters is 1. The van der Waals surface area contributed by atoms with Crippen LogP contribution in [-0.4, -0.2) is 5.97 Å². The Bertz CT molecular complexity index is 628. The lowest BCUT2D eigenvalue weighted by atomic mass is 9.96. The number of allylic oxidation sites excluding steroid dienone is 1. The van der Waals surface area contributed by atoms with Crippen molar-refractivity contribution in [1.29, 1.82) is 0 Å². The van der Waals surface area contributed by atoms with Crippen molar-refractivity contribution in [3.63, 3.8) is 0 Å². The second-order valence-corrected chi connectivity index (χ2v) is 5.07. The summed E-state index contributed by atoms with van der Waals surface area (Å²) in [5.74, 6) is -3.74. The van der Waals surface area contributed by atoms with Crippen LogP contribution in [0.2, 0.25) is 0 Å². The van der Waals surface area contributed by atoms with Gasteiger partial charge in [0, 0.05) is 18.4 Å². The van der Waals surface area contributed by atoms with Gasteiger partial charge in [-0.2, -0.15) is 4.39 Å². The van der Waals surface area contributed by atoms with Crippen molar-refractivity contribution in [2.45, 2.75) is 33.1 Å². The molecule has 0 spiro atoms. The molecule has 0 aliphatic heterocycles. The van der Waals surface area contributed by atoms with Crippen LogP contribution in [0.15, 0.2) is 12.6 Å². The molecule has 0 aliphatic rings. The molecule has 1 aromatic rings. The van der Waals surface area contributed by atoms with Crippen molar-refractivity contribution in [1.82, 2.24) is 0 Å². The number of hydrogen-bond donors (Lipinski definition) is 0. The van der Waals surface area contributed by atoms with Gasteiger partial charge in [0.15, 0.2) is 11.6 Å². The van der Waals surface area contributed by atoms with E-state index in [4.69, 9.17) is 6.42 Å². The molecule has 0 radical (unpaired) electrons. The molecule has 0 N–H and O–H groups in total. The van der Waals surface area contributed by atoms with Crippen LogP contribution in [0.4, 0.5) is 13.2 Å². The molecular weight excluding hydrogens is 293 g/mol. The SMILES string of the molecule is C#CCCCC(=O)Oc1c(F)c(F)cc(C(=C)C(C)C)c1F. The van der Waals surface area contributed by atoms with Crippen LogP contribution in [-0.2, 0) is 4.79 Å². The summed E-state index contributed by atoms with van der Waals surface area (Å²) in [6, 6.07) is 0.711. The third kappa shape index (κ3) is 4.14. The highest BCUT2D eigenvalue weighted by molar-refractivity contribution is 5.74. The standard InChI is InChI=1S/C17H17F3O2/c1-5-6-7-8-14(21)22-17-15(19)12(11(4)10(2)3)9-13(18)16(17)20/h1,9-10H,4,6-8H2,2-3H3. The van der Waals surface area contributed by atoms with Crippen molar-refractivity contribution in [2.24, 2.45) is 5.92 Å². The minimum Gasteiger partial charge on any atom is -0.420 e. The average Bonchev–Trinajstić information content (AvgIpc) is 2.46. The van der Waals surface area contributed by atoms with Crippen LogP contribution in [0.3, 0.4) is 0 Å². The van der Waals surface area contributed by atoms with Gasteiger partial charge in [-0.25, -0.2) is 8.78 Å². The van der Waals surface area contributed by atoms with Gasteiger partial charge in [0.1, 0.15) is 0 Å². The number of unbranched alkanes of at least 4 members (excludes halogenated alkanes) is 1. The maximum absolute atomic E-state index is 14.3. The quantitative estimate of drug-likeness (QED) is 0.254. The molecule has 0 saturated heterocycles. The zero-order valence-electron chi connectivity index (χ0n) is 12.5. The van der Waals surface area contributed by atoms with Gasteiger partial charge in [-0.15, -0.1) is 12.3 Å². The first-order valence-corrected chi connectivity index (χ1v) is 6.80. The highest BCUT2D eigenvalue weighted by Crippen LogP contribution is 2.33. The molecule has 22 heavy (non-hydrogen) atoms. The van der Waals surface area contributed by atoms with Gasteiger partial charge < -0.3 is 4.74 Å². The summed E-state index contributed by atoms with van der Waals surface area (Å²) >= 11 is 0. The van der Waals surface area contributed by atoms with Gasteiger partial charge >= 0.3 is 5.97 Å². The third-order valence-electron chi connectivity index (χ3n) is 3.08. The van der Waals surface area contributed by atoms with Gasteiger partial charge in [-0.1, -0.05) is 20.4 Å². The van der Waals surface area contributed by atoms with Crippen LogP contribution >= 0.6 is 0 Å². The van der Waals surface area contributed by atoms with E-state index in [-0.39, 0.29) is 23.5 Å². The molecule has 0 aliphatic carbocycles. The van der Waals surface area contributed by atoms with E-state index in [0.717, 1.165) is 0 Å². The van der Waals surface area contributed by atoms with Crippen molar-refractivity contribution < 1.29 is 22.7 Å². The predicted octanol–water partition coefficient (Wildman–Crippen LogP) is 4.48. The predicted molar refractivity (Wildman–Crippen MR) is 78.5 cm³/mol. The molecule has 1 rings (SSSR count). The molecule has 0 fully saturated rings. The number of halogens is 3. The topological polar surface area (TPSA) is 26.3 Å². The summed E-state index contributed by atoms with van der Waals surface area (Å²) < 4.78 is 46.2. The minimum absolute atomic E-state index is 0.111. The number of ether oxygens (including phenoxy) is 1. The lowest BCUT2D eigenvalue weighted by Gasteiger charge is -2.14. The van der Waals surface area contributed by atoms with Gasteiger partial charge in [0.05, 0.1) is 0 Å². The fourth-order valence-electron chi connectivity index (χ4n) is 1.71. The minimum atomic E-state index is -1.54. The van der Waals surface area contributed by atoms with Crippen molar-refractivity contribution in [3.8, 4) is 18.1 Å². The first-order chi connectivity index (χ1) is 10.3. The second-order valence-electron chi connectivity index (χ2n) is 5.07. The number of hydrogen-bond acceptors (Lipinski definition) is 2. The zero-order chi connectivity index (χ0) is 16.9. The molecule has 0 unspecified atom stereocenters. The van der Waals surface area contributed by atoms with E-state index in [1.54, 1.807) is 13.8 Å². The zero-order valence-corrected chi connectivity index (χ0v) is 12.5. The Labute approximate surface area is 128 Å². The van der Waals surface area contributed by atoms with E-state index in [0.29, 0.717) is 18.9 Å². The number of rotatable bonds is 6. The molecule has 0 aromatic heterocycles. The Morgan fingerprint density at radius 1 is 1.36 bits per heavy atom. The Balaban J connectivity index is 3.11. The Kier molecular flexibility index (Phi) is 6.24. The number of terminal acetylenes is 1. The summed E-state index contributed by atoms with van der Waals surface area (Å²) in [6.07, 6.45) is 5.58. The van der Waals surface area contributed by atoms with E-state index in [1.165, 1.54) is 0 Å². The molecule has 5 heteroatoms. The first-order valence-electron chi connectivity index (χ1n) is 6.80. The summed E-state index contributed by atoms with van der Waals surface area (Å²) in [7, 11) is 0. The maximum Gasteiger partial charge on any atom is 0.311 e. The number of carbonyl (C=O) groups excluding carboxylic acids is 1. The van der Waals surface area contributed by atoms with E-state index in [9.17, 15) is 18.0 Å². The summed E-state index contributed by atoms with van der Waals surface area (Å²) in [6.45, 7) is 7.11. The molecule has 0 bridgehead atoms. The number of benzene rings is 1. The lowest BCUT2D eigenvalue weighted by molar-refractivity contribution is -0.134. The van der Waals surface area contributed by atoms with Gasteiger partial charge in [0.25, 0.3) is 0 Å². The fraction of sp³-hybridized carbons (Fsp3) is 0.353. The van der Waals surface area contributed by atoms with Crippen LogP contribution in [0.5, 0.6) is 5.75 Å². The van der Waals surface area contributed by atoms with Crippen molar-refractivity contribution >= 4 is 11.5 Å². The van der Waals surface area contributed by atoms with Crippen molar-refractivity contribution in [3.05, 3.63) is 35.7 Å². The number of carbonyl (C=O) groups is 1.